The lowest BCUT2D eigenvalue weighted by Crippen LogP contribution is -2.07. The molecule has 3 rings (SSSR count). The number of hydrogen-bond donors (Lipinski definition) is 1. The second-order valence-corrected chi connectivity index (χ2v) is 5.35. The van der Waals surface area contributed by atoms with E-state index in [-0.39, 0.29) is 11.5 Å². The first-order chi connectivity index (χ1) is 7.53. The third kappa shape index (κ3) is 1.09. The van der Waals surface area contributed by atoms with E-state index in [1.165, 1.54) is 11.1 Å². The summed E-state index contributed by atoms with van der Waals surface area (Å²) in [6, 6.07) is 8.54. The molecule has 3 nitrogen and oxygen atoms in total. The molecule has 0 spiro atoms. The van der Waals surface area contributed by atoms with Gasteiger partial charge in [0.15, 0.2) is 0 Å². The number of aromatic nitrogens is 2. The molecule has 2 N–H and O–H groups in total. The third-order valence-corrected chi connectivity index (χ3v) is 3.99. The normalized spacial score (nSPS) is 27.2. The molecule has 1 aromatic heterocycles. The Balaban J connectivity index is 2.21. The highest BCUT2D eigenvalue weighted by Crippen LogP contribution is 2.58. The molecule has 1 aliphatic carbocycles. The number of nitrogens with zero attached hydrogens (tertiary/aromatic N) is 2. The zero-order valence-corrected chi connectivity index (χ0v) is 9.94. The van der Waals surface area contributed by atoms with Gasteiger partial charge < -0.3 is 5.73 Å². The Morgan fingerprint density at radius 1 is 1.31 bits per heavy atom. The van der Waals surface area contributed by atoms with Crippen LogP contribution in [0.2, 0.25) is 0 Å². The Kier molecular flexibility index (Phi) is 1.76. The quantitative estimate of drug-likeness (QED) is 0.791. The van der Waals surface area contributed by atoms with Gasteiger partial charge in [0.2, 0.25) is 0 Å². The highest BCUT2D eigenvalue weighted by molar-refractivity contribution is 5.82. The zero-order valence-electron chi connectivity index (χ0n) is 9.94. The standard InChI is InChI=1S/C13H17N3/c1-13(2)10(12(13)14)11-8-6-4-5-7-9(8)15-16(11)3/h4-7,10,12H,14H2,1-3H3/t10-,12-/m0/s1. The van der Waals surface area contributed by atoms with Crippen LogP contribution in [0.25, 0.3) is 10.9 Å². The van der Waals surface area contributed by atoms with Crippen molar-refractivity contribution < 1.29 is 0 Å². The summed E-state index contributed by atoms with van der Waals surface area (Å²) in [6.07, 6.45) is 0. The summed E-state index contributed by atoms with van der Waals surface area (Å²) in [5.41, 5.74) is 8.71. The Labute approximate surface area is 95.2 Å². The first-order valence-electron chi connectivity index (χ1n) is 5.70. The number of fused-ring (bicyclic) bond motifs is 1. The van der Waals surface area contributed by atoms with Gasteiger partial charge in [-0.2, -0.15) is 5.10 Å². The van der Waals surface area contributed by atoms with Crippen LogP contribution in [0, 0.1) is 5.41 Å². The summed E-state index contributed by atoms with van der Waals surface area (Å²) >= 11 is 0. The molecule has 1 saturated carbocycles. The topological polar surface area (TPSA) is 43.8 Å². The average molecular weight is 215 g/mol. The van der Waals surface area contributed by atoms with Crippen LogP contribution in [0.3, 0.4) is 0 Å². The van der Waals surface area contributed by atoms with Crippen LogP contribution in [-0.2, 0) is 7.05 Å². The number of aryl methyl sites for hydroxylation is 1. The van der Waals surface area contributed by atoms with Crippen LogP contribution in [0.15, 0.2) is 24.3 Å². The van der Waals surface area contributed by atoms with Gasteiger partial charge >= 0.3 is 0 Å². The lowest BCUT2D eigenvalue weighted by atomic mass is 10.1. The van der Waals surface area contributed by atoms with E-state index in [0.29, 0.717) is 5.92 Å². The summed E-state index contributed by atoms with van der Waals surface area (Å²) in [6.45, 7) is 4.45. The molecule has 0 aliphatic heterocycles. The molecule has 0 unspecified atom stereocenters. The summed E-state index contributed by atoms with van der Waals surface area (Å²) in [5.74, 6) is 0.435. The maximum absolute atomic E-state index is 6.15. The number of benzene rings is 1. The maximum Gasteiger partial charge on any atom is 0.0926 e. The Morgan fingerprint density at radius 2 is 1.94 bits per heavy atom. The van der Waals surface area contributed by atoms with Gasteiger partial charge in [-0.25, -0.2) is 0 Å². The minimum atomic E-state index is 0.205. The number of nitrogens with two attached hydrogens (primary N) is 1. The number of hydrogen-bond acceptors (Lipinski definition) is 2. The molecular formula is C13H17N3. The molecule has 1 aliphatic rings. The molecule has 2 aromatic rings. The van der Waals surface area contributed by atoms with Crippen LogP contribution in [0.4, 0.5) is 0 Å². The van der Waals surface area contributed by atoms with Crippen molar-refractivity contribution >= 4 is 10.9 Å². The van der Waals surface area contributed by atoms with Crippen molar-refractivity contribution in [3.05, 3.63) is 30.0 Å². The van der Waals surface area contributed by atoms with E-state index in [2.05, 4.69) is 37.1 Å². The fourth-order valence-electron chi connectivity index (χ4n) is 2.74. The first-order valence-corrected chi connectivity index (χ1v) is 5.70. The minimum absolute atomic E-state index is 0.205. The highest BCUT2D eigenvalue weighted by Gasteiger charge is 2.57. The minimum Gasteiger partial charge on any atom is -0.327 e. The number of rotatable bonds is 1. The van der Waals surface area contributed by atoms with Crippen molar-refractivity contribution in [2.75, 3.05) is 0 Å². The smallest absolute Gasteiger partial charge is 0.0926 e. The summed E-state index contributed by atoms with van der Waals surface area (Å²) in [4.78, 5) is 0. The molecule has 0 bridgehead atoms. The Morgan fingerprint density at radius 3 is 2.56 bits per heavy atom. The predicted octanol–water partition coefficient (Wildman–Crippen LogP) is 2.02. The fourth-order valence-corrected chi connectivity index (χ4v) is 2.74. The van der Waals surface area contributed by atoms with Crippen molar-refractivity contribution in [2.24, 2.45) is 18.2 Å². The fraction of sp³-hybridized carbons (Fsp3) is 0.462. The van der Waals surface area contributed by atoms with Crippen LogP contribution >= 0.6 is 0 Å². The van der Waals surface area contributed by atoms with Gasteiger partial charge in [0.05, 0.1) is 11.2 Å². The second kappa shape index (κ2) is 2.86. The molecule has 1 fully saturated rings. The molecule has 84 valence electrons. The monoisotopic (exact) mass is 215 g/mol. The van der Waals surface area contributed by atoms with Crippen LogP contribution < -0.4 is 5.73 Å². The van der Waals surface area contributed by atoms with E-state index in [9.17, 15) is 0 Å². The van der Waals surface area contributed by atoms with Crippen molar-refractivity contribution in [1.82, 2.24) is 9.78 Å². The summed E-state index contributed by atoms with van der Waals surface area (Å²) in [5, 5.41) is 5.78. The van der Waals surface area contributed by atoms with Crippen molar-refractivity contribution in [3.63, 3.8) is 0 Å². The molecule has 1 heterocycles. The zero-order chi connectivity index (χ0) is 11.5. The lowest BCUT2D eigenvalue weighted by molar-refractivity contribution is 0.583. The summed E-state index contributed by atoms with van der Waals surface area (Å²) in [7, 11) is 2.01. The van der Waals surface area contributed by atoms with Gasteiger partial charge in [-0.15, -0.1) is 0 Å². The highest BCUT2D eigenvalue weighted by atomic mass is 15.3. The van der Waals surface area contributed by atoms with Gasteiger partial charge in [-0.1, -0.05) is 32.0 Å². The van der Waals surface area contributed by atoms with Crippen molar-refractivity contribution in [1.29, 1.82) is 0 Å². The lowest BCUT2D eigenvalue weighted by Gasteiger charge is -2.03. The van der Waals surface area contributed by atoms with E-state index in [0.717, 1.165) is 5.52 Å². The molecule has 2 atom stereocenters. The van der Waals surface area contributed by atoms with Crippen LogP contribution in [0.5, 0.6) is 0 Å². The Hall–Kier alpha value is -1.35. The molecule has 1 aromatic carbocycles. The molecular weight excluding hydrogens is 198 g/mol. The van der Waals surface area contributed by atoms with Gasteiger partial charge in [0.25, 0.3) is 0 Å². The predicted molar refractivity (Wildman–Crippen MR) is 65.2 cm³/mol. The molecule has 0 radical (unpaired) electrons. The Bertz CT molecular complexity index is 553. The first kappa shape index (κ1) is 9.85. The summed E-state index contributed by atoms with van der Waals surface area (Å²) < 4.78 is 1.99. The van der Waals surface area contributed by atoms with E-state index in [1.54, 1.807) is 0 Å². The molecule has 16 heavy (non-hydrogen) atoms. The molecule has 3 heteroatoms. The van der Waals surface area contributed by atoms with Crippen molar-refractivity contribution in [3.8, 4) is 0 Å². The molecule has 0 amide bonds. The SMILES string of the molecule is Cn1nc2ccccc2c1[C@H]1[C@H](N)C1(C)C. The van der Waals surface area contributed by atoms with E-state index in [1.807, 2.05) is 17.8 Å². The van der Waals surface area contributed by atoms with Crippen LogP contribution in [-0.4, -0.2) is 15.8 Å². The second-order valence-electron chi connectivity index (χ2n) is 5.35. The van der Waals surface area contributed by atoms with Gasteiger partial charge in [0, 0.05) is 24.4 Å². The van der Waals surface area contributed by atoms with Gasteiger partial charge in [0.1, 0.15) is 0 Å². The van der Waals surface area contributed by atoms with Gasteiger partial charge in [-0.05, 0) is 11.5 Å². The maximum atomic E-state index is 6.15. The van der Waals surface area contributed by atoms with Crippen molar-refractivity contribution in [2.45, 2.75) is 25.8 Å². The van der Waals surface area contributed by atoms with Gasteiger partial charge in [-0.3, -0.25) is 4.68 Å². The largest absolute Gasteiger partial charge is 0.327 e. The molecule has 0 saturated heterocycles. The van der Waals surface area contributed by atoms with E-state index < -0.39 is 0 Å². The third-order valence-electron chi connectivity index (χ3n) is 3.99. The van der Waals surface area contributed by atoms with Crippen LogP contribution in [0.1, 0.15) is 25.5 Å². The van der Waals surface area contributed by atoms with E-state index in [4.69, 9.17) is 5.73 Å². The van der Waals surface area contributed by atoms with E-state index >= 15 is 0 Å². The average Bonchev–Trinajstić information content (AvgIpc) is 2.58.